The van der Waals surface area contributed by atoms with E-state index in [4.69, 9.17) is 5.11 Å². The number of urea groups is 1. The van der Waals surface area contributed by atoms with Gasteiger partial charge in [0.1, 0.15) is 11.6 Å². The van der Waals surface area contributed by atoms with E-state index in [0.29, 0.717) is 5.01 Å². The Morgan fingerprint density at radius 3 is 2.72 bits per heavy atom. The summed E-state index contributed by atoms with van der Waals surface area (Å²) in [5, 5.41) is 15.2. The van der Waals surface area contributed by atoms with Crippen LogP contribution >= 0.6 is 11.3 Å². The quantitative estimate of drug-likeness (QED) is 0.640. The normalized spacial score (nSPS) is 9.61. The van der Waals surface area contributed by atoms with Gasteiger partial charge in [-0.1, -0.05) is 0 Å². The molecule has 1 rings (SSSR count). The first kappa shape index (κ1) is 13.9. The number of nitrogens with one attached hydrogen (secondary N) is 2. The molecule has 0 unspecified atom stereocenters. The maximum absolute atomic E-state index is 11.2. The molecule has 1 aromatic rings. The molecular weight excluding hydrogens is 262 g/mol. The van der Waals surface area contributed by atoms with Gasteiger partial charge in [0.05, 0.1) is 13.7 Å². The molecule has 0 atom stereocenters. The summed E-state index contributed by atoms with van der Waals surface area (Å²) in [5.41, 5.74) is -0.0632. The van der Waals surface area contributed by atoms with Crippen LogP contribution in [0.5, 0.6) is 0 Å². The summed E-state index contributed by atoms with van der Waals surface area (Å²) in [7, 11) is 1.21. The zero-order valence-electron chi connectivity index (χ0n) is 9.43. The summed E-state index contributed by atoms with van der Waals surface area (Å²) in [6.07, 6.45) is 0. The summed E-state index contributed by atoms with van der Waals surface area (Å²) >= 11 is 1.12. The van der Waals surface area contributed by atoms with E-state index in [-0.39, 0.29) is 18.8 Å². The monoisotopic (exact) mass is 273 g/mol. The van der Waals surface area contributed by atoms with Crippen LogP contribution < -0.4 is 10.6 Å². The predicted octanol–water partition coefficient (Wildman–Crippen LogP) is -0.187. The second-order valence-electron chi connectivity index (χ2n) is 3.04. The standard InChI is InChI=1S/C9H11N3O5S/c1-17-7(13)3-11-9(16)10-2-6-12-5(4-18-6)8(14)15/h4H,2-3H2,1H3,(H,14,15)(H2,10,11,16). The van der Waals surface area contributed by atoms with Crippen LogP contribution in [0.4, 0.5) is 4.79 Å². The summed E-state index contributed by atoms with van der Waals surface area (Å²) in [6, 6.07) is -0.563. The fourth-order valence-corrected chi connectivity index (χ4v) is 1.64. The van der Waals surface area contributed by atoms with Crippen molar-refractivity contribution in [3.8, 4) is 0 Å². The summed E-state index contributed by atoms with van der Waals surface area (Å²) in [4.78, 5) is 36.3. The van der Waals surface area contributed by atoms with Crippen LogP contribution in [0.2, 0.25) is 0 Å². The number of thiazole rings is 1. The Balaban J connectivity index is 2.33. The molecule has 9 heteroatoms. The Labute approximate surface area is 106 Å². The number of aromatic carboxylic acids is 1. The second-order valence-corrected chi connectivity index (χ2v) is 3.99. The highest BCUT2D eigenvalue weighted by atomic mass is 32.1. The maximum Gasteiger partial charge on any atom is 0.355 e. The number of amides is 2. The van der Waals surface area contributed by atoms with Gasteiger partial charge < -0.3 is 20.5 Å². The van der Waals surface area contributed by atoms with Crippen LogP contribution in [0.25, 0.3) is 0 Å². The van der Waals surface area contributed by atoms with Gasteiger partial charge >= 0.3 is 18.0 Å². The molecule has 0 bridgehead atoms. The topological polar surface area (TPSA) is 118 Å². The third-order valence-electron chi connectivity index (χ3n) is 1.79. The zero-order valence-corrected chi connectivity index (χ0v) is 10.2. The van der Waals surface area contributed by atoms with Crippen molar-refractivity contribution in [2.45, 2.75) is 6.54 Å². The molecule has 3 N–H and O–H groups in total. The van der Waals surface area contributed by atoms with Crippen molar-refractivity contribution in [2.24, 2.45) is 0 Å². The molecule has 0 saturated heterocycles. The number of carboxylic acids is 1. The Hall–Kier alpha value is -2.16. The fourth-order valence-electron chi connectivity index (χ4n) is 0.933. The van der Waals surface area contributed by atoms with Crippen LogP contribution in [0.15, 0.2) is 5.38 Å². The van der Waals surface area contributed by atoms with Gasteiger partial charge in [-0.25, -0.2) is 14.6 Å². The van der Waals surface area contributed by atoms with E-state index < -0.39 is 18.0 Å². The van der Waals surface area contributed by atoms with Gasteiger partial charge in [0.2, 0.25) is 0 Å². The molecule has 0 saturated carbocycles. The van der Waals surface area contributed by atoms with E-state index in [1.54, 1.807) is 0 Å². The number of rotatable bonds is 5. The molecule has 1 aromatic heterocycles. The van der Waals surface area contributed by atoms with Gasteiger partial charge in [-0.3, -0.25) is 4.79 Å². The van der Waals surface area contributed by atoms with Gasteiger partial charge in [0.25, 0.3) is 0 Å². The molecule has 0 spiro atoms. The number of ether oxygens (including phenoxy) is 1. The second kappa shape index (κ2) is 6.55. The maximum atomic E-state index is 11.2. The number of esters is 1. The van der Waals surface area contributed by atoms with E-state index >= 15 is 0 Å². The fraction of sp³-hybridized carbons (Fsp3) is 0.333. The summed E-state index contributed by atoms with van der Waals surface area (Å²) in [5.74, 6) is -1.68. The van der Waals surface area contributed by atoms with Crippen LogP contribution in [-0.4, -0.2) is 41.7 Å². The lowest BCUT2D eigenvalue weighted by Crippen LogP contribution is -2.38. The van der Waals surface area contributed by atoms with E-state index in [9.17, 15) is 14.4 Å². The molecule has 1 heterocycles. The van der Waals surface area contributed by atoms with Gasteiger partial charge in [0, 0.05) is 5.38 Å². The smallest absolute Gasteiger partial charge is 0.355 e. The minimum atomic E-state index is -1.12. The average molecular weight is 273 g/mol. The molecule has 0 aliphatic rings. The van der Waals surface area contributed by atoms with E-state index in [0.717, 1.165) is 11.3 Å². The highest BCUT2D eigenvalue weighted by Gasteiger charge is 2.09. The first-order valence-electron chi connectivity index (χ1n) is 4.79. The largest absolute Gasteiger partial charge is 0.476 e. The number of hydrogen-bond acceptors (Lipinski definition) is 6. The van der Waals surface area contributed by atoms with Crippen molar-refractivity contribution in [2.75, 3.05) is 13.7 Å². The molecular formula is C9H11N3O5S. The number of aromatic nitrogens is 1. The Morgan fingerprint density at radius 1 is 1.44 bits per heavy atom. The van der Waals surface area contributed by atoms with E-state index in [1.165, 1.54) is 12.5 Å². The molecule has 18 heavy (non-hydrogen) atoms. The third-order valence-corrected chi connectivity index (χ3v) is 2.64. The number of nitrogens with zero attached hydrogens (tertiary/aromatic N) is 1. The van der Waals surface area contributed by atoms with Crippen molar-refractivity contribution < 1.29 is 24.2 Å². The third kappa shape index (κ3) is 4.37. The summed E-state index contributed by atoms with van der Waals surface area (Å²) < 4.78 is 4.34. The lowest BCUT2D eigenvalue weighted by atomic mass is 10.5. The van der Waals surface area contributed by atoms with Crippen molar-refractivity contribution in [1.29, 1.82) is 0 Å². The minimum Gasteiger partial charge on any atom is -0.476 e. The van der Waals surface area contributed by atoms with Crippen molar-refractivity contribution >= 4 is 29.3 Å². The number of hydrogen-bond donors (Lipinski definition) is 3. The molecule has 0 radical (unpaired) electrons. The van der Waals surface area contributed by atoms with Crippen LogP contribution in [-0.2, 0) is 16.1 Å². The van der Waals surface area contributed by atoms with Crippen molar-refractivity contribution in [3.63, 3.8) is 0 Å². The molecule has 8 nitrogen and oxygen atoms in total. The SMILES string of the molecule is COC(=O)CNC(=O)NCc1nc(C(=O)O)cs1. The number of carbonyl (C=O) groups is 3. The molecule has 98 valence electrons. The van der Waals surface area contributed by atoms with Gasteiger partial charge in [0.15, 0.2) is 5.69 Å². The Bertz CT molecular complexity index is 459. The summed E-state index contributed by atoms with van der Waals surface area (Å²) in [6.45, 7) is -0.147. The van der Waals surface area contributed by atoms with Crippen LogP contribution in [0.1, 0.15) is 15.5 Å². The zero-order chi connectivity index (χ0) is 13.5. The van der Waals surface area contributed by atoms with Crippen molar-refractivity contribution in [1.82, 2.24) is 15.6 Å². The van der Waals surface area contributed by atoms with Crippen molar-refractivity contribution in [3.05, 3.63) is 16.1 Å². The van der Waals surface area contributed by atoms with Crippen LogP contribution in [0.3, 0.4) is 0 Å². The Morgan fingerprint density at radius 2 is 2.17 bits per heavy atom. The number of carbonyl (C=O) groups excluding carboxylic acids is 2. The first-order valence-corrected chi connectivity index (χ1v) is 5.67. The lowest BCUT2D eigenvalue weighted by Gasteiger charge is -2.04. The van der Waals surface area contributed by atoms with E-state index in [1.807, 2.05) is 0 Å². The number of methoxy groups -OCH3 is 1. The molecule has 0 aromatic carbocycles. The van der Waals surface area contributed by atoms with Gasteiger partial charge in [-0.2, -0.15) is 0 Å². The van der Waals surface area contributed by atoms with Gasteiger partial charge in [-0.05, 0) is 0 Å². The average Bonchev–Trinajstić information content (AvgIpc) is 2.82. The molecule has 0 aliphatic carbocycles. The van der Waals surface area contributed by atoms with E-state index in [2.05, 4.69) is 20.4 Å². The van der Waals surface area contributed by atoms with Gasteiger partial charge in [-0.15, -0.1) is 11.3 Å². The van der Waals surface area contributed by atoms with Crippen LogP contribution in [0, 0.1) is 0 Å². The Kier molecular flexibility index (Phi) is 5.06. The molecule has 0 fully saturated rings. The molecule has 2 amide bonds. The first-order chi connectivity index (χ1) is 8.52. The number of carboxylic acid groups (broad SMARTS) is 1. The predicted molar refractivity (Wildman–Crippen MR) is 61.3 cm³/mol. The minimum absolute atomic E-state index is 0.0632. The highest BCUT2D eigenvalue weighted by Crippen LogP contribution is 2.08. The molecule has 0 aliphatic heterocycles. The lowest BCUT2D eigenvalue weighted by molar-refractivity contribution is -0.139. The highest BCUT2D eigenvalue weighted by molar-refractivity contribution is 7.09.